The number of aliphatic hydroxyl groups is 1. The minimum atomic E-state index is 0.302. The predicted molar refractivity (Wildman–Crippen MR) is 32.3 cm³/mol. The van der Waals surface area contributed by atoms with Crippen molar-refractivity contribution in [3.05, 3.63) is 12.3 Å². The van der Waals surface area contributed by atoms with Crippen molar-refractivity contribution in [1.82, 2.24) is 5.32 Å². The van der Waals surface area contributed by atoms with E-state index in [2.05, 4.69) is 11.4 Å². The quantitative estimate of drug-likeness (QED) is 0.532. The minimum absolute atomic E-state index is 0.302. The Morgan fingerprint density at radius 3 is 3.12 bits per heavy atom. The van der Waals surface area contributed by atoms with Gasteiger partial charge in [0.05, 0.1) is 0 Å². The van der Waals surface area contributed by atoms with Crippen LogP contribution in [-0.2, 0) is 0 Å². The zero-order valence-corrected chi connectivity index (χ0v) is 4.80. The summed E-state index contributed by atoms with van der Waals surface area (Å²) in [6.45, 7) is 1.30. The van der Waals surface area contributed by atoms with E-state index in [1.807, 2.05) is 6.20 Å². The van der Waals surface area contributed by atoms with Gasteiger partial charge in [0.15, 0.2) is 0 Å². The van der Waals surface area contributed by atoms with Crippen molar-refractivity contribution in [2.24, 2.45) is 5.92 Å². The molecular formula is C6H11NO. The Bertz CT molecular complexity index is 90.5. The van der Waals surface area contributed by atoms with Crippen molar-refractivity contribution >= 4 is 0 Å². The maximum atomic E-state index is 8.46. The third kappa shape index (κ3) is 1.23. The first kappa shape index (κ1) is 5.63. The summed E-state index contributed by atoms with van der Waals surface area (Å²) < 4.78 is 0. The van der Waals surface area contributed by atoms with Gasteiger partial charge in [-0.2, -0.15) is 0 Å². The van der Waals surface area contributed by atoms with Crippen LogP contribution in [0.3, 0.4) is 0 Å². The molecule has 0 aromatic rings. The smallest absolute Gasteiger partial charge is 0.0437 e. The van der Waals surface area contributed by atoms with Crippen molar-refractivity contribution in [3.8, 4) is 0 Å². The highest BCUT2D eigenvalue weighted by Crippen LogP contribution is 2.06. The van der Waals surface area contributed by atoms with Gasteiger partial charge in [0, 0.05) is 13.2 Å². The third-order valence-electron chi connectivity index (χ3n) is 1.37. The van der Waals surface area contributed by atoms with Gasteiger partial charge in [0.1, 0.15) is 0 Å². The fourth-order valence-corrected chi connectivity index (χ4v) is 0.856. The SMILES string of the molecule is OCCC1C=CNC1. The molecule has 0 saturated carbocycles. The molecule has 0 saturated heterocycles. The fourth-order valence-electron chi connectivity index (χ4n) is 0.856. The lowest BCUT2D eigenvalue weighted by Crippen LogP contribution is -2.09. The van der Waals surface area contributed by atoms with E-state index >= 15 is 0 Å². The van der Waals surface area contributed by atoms with E-state index in [1.54, 1.807) is 0 Å². The van der Waals surface area contributed by atoms with Crippen LogP contribution in [0.1, 0.15) is 6.42 Å². The second-order valence-electron chi connectivity index (χ2n) is 2.04. The summed E-state index contributed by atoms with van der Waals surface area (Å²) in [6.07, 6.45) is 4.93. The van der Waals surface area contributed by atoms with E-state index in [1.165, 1.54) is 0 Å². The summed E-state index contributed by atoms with van der Waals surface area (Å²) in [5.41, 5.74) is 0. The van der Waals surface area contributed by atoms with Crippen LogP contribution in [0.2, 0.25) is 0 Å². The van der Waals surface area contributed by atoms with Crippen LogP contribution < -0.4 is 5.32 Å². The molecule has 2 N–H and O–H groups in total. The van der Waals surface area contributed by atoms with Crippen LogP contribution in [0, 0.1) is 5.92 Å². The number of nitrogens with one attached hydrogen (secondary N) is 1. The molecule has 1 rings (SSSR count). The van der Waals surface area contributed by atoms with E-state index in [0.717, 1.165) is 13.0 Å². The van der Waals surface area contributed by atoms with Gasteiger partial charge >= 0.3 is 0 Å². The normalized spacial score (nSPS) is 25.9. The van der Waals surface area contributed by atoms with Gasteiger partial charge in [-0.1, -0.05) is 6.08 Å². The fraction of sp³-hybridized carbons (Fsp3) is 0.667. The van der Waals surface area contributed by atoms with Crippen molar-refractivity contribution in [3.63, 3.8) is 0 Å². The average Bonchev–Trinajstić information content (AvgIpc) is 2.19. The molecule has 1 heterocycles. The van der Waals surface area contributed by atoms with E-state index in [-0.39, 0.29) is 0 Å². The Morgan fingerprint density at radius 1 is 1.75 bits per heavy atom. The van der Waals surface area contributed by atoms with Gasteiger partial charge in [-0.15, -0.1) is 0 Å². The monoisotopic (exact) mass is 113 g/mol. The molecular weight excluding hydrogens is 102 g/mol. The first-order valence-corrected chi connectivity index (χ1v) is 2.94. The van der Waals surface area contributed by atoms with Crippen LogP contribution in [-0.4, -0.2) is 18.3 Å². The Kier molecular flexibility index (Phi) is 1.92. The molecule has 2 nitrogen and oxygen atoms in total. The van der Waals surface area contributed by atoms with Crippen LogP contribution in [0.25, 0.3) is 0 Å². The highest BCUT2D eigenvalue weighted by molar-refractivity contribution is 4.94. The van der Waals surface area contributed by atoms with Crippen molar-refractivity contribution in [2.45, 2.75) is 6.42 Å². The minimum Gasteiger partial charge on any atom is -0.396 e. The standard InChI is InChI=1S/C6H11NO/c8-4-2-6-1-3-7-5-6/h1,3,6-8H,2,4-5H2. The maximum Gasteiger partial charge on any atom is 0.0437 e. The number of aliphatic hydroxyl groups excluding tert-OH is 1. The van der Waals surface area contributed by atoms with Gasteiger partial charge in [-0.25, -0.2) is 0 Å². The van der Waals surface area contributed by atoms with Crippen LogP contribution in [0.15, 0.2) is 12.3 Å². The molecule has 1 aliphatic rings. The lowest BCUT2D eigenvalue weighted by Gasteiger charge is -2.01. The molecule has 1 atom stereocenters. The molecule has 1 unspecified atom stereocenters. The molecule has 0 radical (unpaired) electrons. The molecule has 1 aliphatic heterocycles. The summed E-state index contributed by atoms with van der Waals surface area (Å²) in [5, 5.41) is 11.5. The molecule has 0 amide bonds. The summed E-state index contributed by atoms with van der Waals surface area (Å²) in [6, 6.07) is 0. The Labute approximate surface area is 49.2 Å². The molecule has 8 heavy (non-hydrogen) atoms. The number of hydrogen-bond acceptors (Lipinski definition) is 2. The third-order valence-corrected chi connectivity index (χ3v) is 1.37. The Hall–Kier alpha value is -0.500. The van der Waals surface area contributed by atoms with E-state index in [0.29, 0.717) is 12.5 Å². The van der Waals surface area contributed by atoms with E-state index in [9.17, 15) is 0 Å². The average molecular weight is 113 g/mol. The largest absolute Gasteiger partial charge is 0.396 e. The van der Waals surface area contributed by atoms with Gasteiger partial charge in [0.2, 0.25) is 0 Å². The highest BCUT2D eigenvalue weighted by Gasteiger charge is 2.05. The predicted octanol–water partition coefficient (Wildman–Crippen LogP) is 0.102. The number of rotatable bonds is 2. The van der Waals surface area contributed by atoms with Crippen molar-refractivity contribution in [2.75, 3.05) is 13.2 Å². The van der Waals surface area contributed by atoms with Gasteiger partial charge in [-0.3, -0.25) is 0 Å². The van der Waals surface area contributed by atoms with Crippen molar-refractivity contribution < 1.29 is 5.11 Å². The zero-order chi connectivity index (χ0) is 5.82. The summed E-state index contributed by atoms with van der Waals surface area (Å²) in [5.74, 6) is 0.569. The lowest BCUT2D eigenvalue weighted by molar-refractivity contribution is 0.272. The second kappa shape index (κ2) is 2.72. The molecule has 0 aliphatic carbocycles. The first-order chi connectivity index (χ1) is 3.93. The lowest BCUT2D eigenvalue weighted by atomic mass is 10.1. The van der Waals surface area contributed by atoms with E-state index in [4.69, 9.17) is 5.11 Å². The Morgan fingerprint density at radius 2 is 2.62 bits per heavy atom. The topological polar surface area (TPSA) is 32.3 Å². The van der Waals surface area contributed by atoms with Crippen LogP contribution >= 0.6 is 0 Å². The van der Waals surface area contributed by atoms with Gasteiger partial charge in [-0.05, 0) is 18.5 Å². The van der Waals surface area contributed by atoms with Gasteiger partial charge in [0.25, 0.3) is 0 Å². The zero-order valence-electron chi connectivity index (χ0n) is 4.80. The Balaban J connectivity index is 2.16. The first-order valence-electron chi connectivity index (χ1n) is 2.94. The molecule has 0 spiro atoms. The second-order valence-corrected chi connectivity index (χ2v) is 2.04. The highest BCUT2D eigenvalue weighted by atomic mass is 16.3. The summed E-state index contributed by atoms with van der Waals surface area (Å²) >= 11 is 0. The number of hydrogen-bond donors (Lipinski definition) is 2. The van der Waals surface area contributed by atoms with Crippen molar-refractivity contribution in [1.29, 1.82) is 0 Å². The van der Waals surface area contributed by atoms with Crippen LogP contribution in [0.4, 0.5) is 0 Å². The summed E-state index contributed by atoms with van der Waals surface area (Å²) in [4.78, 5) is 0. The van der Waals surface area contributed by atoms with Gasteiger partial charge < -0.3 is 10.4 Å². The molecule has 46 valence electrons. The van der Waals surface area contributed by atoms with E-state index < -0.39 is 0 Å². The molecule has 0 fully saturated rings. The summed E-state index contributed by atoms with van der Waals surface area (Å²) in [7, 11) is 0. The molecule has 0 bridgehead atoms. The molecule has 0 aromatic heterocycles. The molecule has 0 aromatic carbocycles. The molecule has 2 heteroatoms. The maximum absolute atomic E-state index is 8.46. The van der Waals surface area contributed by atoms with Crippen LogP contribution in [0.5, 0.6) is 0 Å².